The third-order valence-corrected chi connectivity index (χ3v) is 10.7. The van der Waals surface area contributed by atoms with E-state index in [-0.39, 0.29) is 31.4 Å². The molecule has 51 heavy (non-hydrogen) atoms. The van der Waals surface area contributed by atoms with Crippen LogP contribution in [0.2, 0.25) is 5.02 Å². The number of nitrogens with one attached hydrogen (secondary N) is 1. The molecule has 0 aromatic heterocycles. The molecule has 0 radical (unpaired) electrons. The van der Waals surface area contributed by atoms with Gasteiger partial charge in [-0.1, -0.05) is 80.1 Å². The zero-order chi connectivity index (χ0) is 37.0. The van der Waals surface area contributed by atoms with E-state index in [9.17, 15) is 19.5 Å². The van der Waals surface area contributed by atoms with Crippen LogP contribution < -0.4 is 10.2 Å². The fourth-order valence-electron chi connectivity index (χ4n) is 8.33. The van der Waals surface area contributed by atoms with Gasteiger partial charge in [0.25, 0.3) is 5.91 Å². The summed E-state index contributed by atoms with van der Waals surface area (Å²) in [5, 5.41) is 14.0. The lowest BCUT2D eigenvalue weighted by atomic mass is 9.70. The molecule has 0 unspecified atom stereocenters. The molecule has 2 aromatic rings. The average Bonchev–Trinajstić information content (AvgIpc) is 3.75. The maximum atomic E-state index is 15.0. The van der Waals surface area contributed by atoms with E-state index in [1.54, 1.807) is 31.2 Å². The maximum Gasteiger partial charge on any atom is 0.313 e. The number of allylic oxidation sites excluding steroid dienone is 1. The van der Waals surface area contributed by atoms with Crippen LogP contribution in [0.5, 0.6) is 0 Å². The van der Waals surface area contributed by atoms with Crippen LogP contribution in [0.15, 0.2) is 73.8 Å². The third kappa shape index (κ3) is 7.36. The van der Waals surface area contributed by atoms with Crippen molar-refractivity contribution in [2.75, 3.05) is 18.1 Å². The number of likely N-dealkylation sites (tertiary alicyclic amines) is 1. The molecule has 10 nitrogen and oxygen atoms in total. The molecule has 5 rings (SSSR count). The van der Waals surface area contributed by atoms with Crippen molar-refractivity contribution in [1.82, 2.24) is 10.2 Å². The largest absolute Gasteiger partial charge is 0.455 e. The lowest BCUT2D eigenvalue weighted by Crippen LogP contribution is -2.59. The zero-order valence-corrected chi connectivity index (χ0v) is 30.7. The van der Waals surface area contributed by atoms with Gasteiger partial charge >= 0.3 is 5.97 Å². The van der Waals surface area contributed by atoms with Crippen LogP contribution in [0.4, 0.5) is 5.69 Å². The van der Waals surface area contributed by atoms with Crippen LogP contribution >= 0.6 is 11.6 Å². The number of fused-ring (bicyclic) bond motifs is 1. The van der Waals surface area contributed by atoms with Crippen molar-refractivity contribution in [3.8, 4) is 0 Å². The Labute approximate surface area is 305 Å². The molecule has 3 amide bonds. The van der Waals surface area contributed by atoms with Crippen molar-refractivity contribution in [3.05, 3.63) is 90.0 Å². The van der Waals surface area contributed by atoms with Gasteiger partial charge < -0.3 is 29.7 Å². The van der Waals surface area contributed by atoms with Crippen molar-refractivity contribution in [2.24, 2.45) is 17.8 Å². The van der Waals surface area contributed by atoms with E-state index in [0.717, 1.165) is 5.56 Å². The number of amides is 3. The van der Waals surface area contributed by atoms with E-state index in [4.69, 9.17) is 21.1 Å². The van der Waals surface area contributed by atoms with E-state index >= 15 is 4.79 Å². The summed E-state index contributed by atoms with van der Waals surface area (Å²) in [6.45, 7) is 14.9. The number of hydrogen-bond donors (Lipinski definition) is 2. The molecule has 2 bridgehead atoms. The first-order valence-corrected chi connectivity index (χ1v) is 18.2. The lowest BCUT2D eigenvalue weighted by molar-refractivity contribution is -0.162. The van der Waals surface area contributed by atoms with Gasteiger partial charge in [-0.15, -0.1) is 13.2 Å². The van der Waals surface area contributed by atoms with E-state index in [0.29, 0.717) is 42.0 Å². The Morgan fingerprint density at radius 2 is 1.86 bits per heavy atom. The number of ether oxygens (including phenoxy) is 2. The Kier molecular flexibility index (Phi) is 12.1. The Bertz CT molecular complexity index is 1610. The summed E-state index contributed by atoms with van der Waals surface area (Å²) in [6.07, 6.45) is 3.72. The highest BCUT2D eigenvalue weighted by Crippen LogP contribution is 2.59. The first-order chi connectivity index (χ1) is 24.4. The number of aryl methyl sites for hydroxylation is 1. The minimum atomic E-state index is -1.34. The monoisotopic (exact) mass is 719 g/mol. The molecule has 3 fully saturated rings. The standard InChI is InChI=1S/C40H50ClN3O7/c1-7-9-18-31(46)42-26(6)35(27-15-11-10-12-16-27)50-39(49)32-30-19-20-40(51-30)33(32)37(47)44(28(23-45)22-24(3)4)36(40)38(48)43(21-8-2)34-25(5)14-13-17-29(34)41/h7-8,10-17,24,26,28,30,32-33,35-36,45H,1-2,9,18-23H2,3-6H3,(H,42,46)/t26-,28-,30-,32+,33+,35-,36-,40+/m1/s1. The molecule has 274 valence electrons. The molecule has 0 aliphatic carbocycles. The van der Waals surface area contributed by atoms with Gasteiger partial charge in [-0.25, -0.2) is 0 Å². The molecule has 3 heterocycles. The summed E-state index contributed by atoms with van der Waals surface area (Å²) in [5.41, 5.74) is 0.605. The van der Waals surface area contributed by atoms with Gasteiger partial charge in [0.05, 0.1) is 47.3 Å². The third-order valence-electron chi connectivity index (χ3n) is 10.4. The quantitative estimate of drug-likeness (QED) is 0.168. The number of rotatable bonds is 16. The number of esters is 1. The summed E-state index contributed by atoms with van der Waals surface area (Å²) in [7, 11) is 0. The normalized spacial score (nSPS) is 25.2. The number of carbonyl (C=O) groups excluding carboxylic acids is 4. The Morgan fingerprint density at radius 3 is 2.49 bits per heavy atom. The highest BCUT2D eigenvalue weighted by Gasteiger charge is 2.76. The second-order valence-corrected chi connectivity index (χ2v) is 14.8. The number of hydrogen-bond acceptors (Lipinski definition) is 7. The fraction of sp³-hybridized carbons (Fsp3) is 0.500. The molecule has 0 saturated carbocycles. The first-order valence-electron chi connectivity index (χ1n) is 17.8. The Morgan fingerprint density at radius 1 is 1.14 bits per heavy atom. The summed E-state index contributed by atoms with van der Waals surface area (Å²) in [5.74, 6) is -3.62. The Hall–Kier alpha value is -3.99. The molecule has 8 atom stereocenters. The lowest BCUT2D eigenvalue weighted by Gasteiger charge is -2.40. The summed E-state index contributed by atoms with van der Waals surface area (Å²) < 4.78 is 13.0. The van der Waals surface area contributed by atoms with Gasteiger partial charge in [0, 0.05) is 13.0 Å². The number of nitrogens with zero attached hydrogens (tertiary/aromatic N) is 2. The summed E-state index contributed by atoms with van der Waals surface area (Å²) in [6, 6.07) is 12.1. The smallest absolute Gasteiger partial charge is 0.313 e. The number of aliphatic hydroxyl groups excluding tert-OH is 1. The molecule has 3 aliphatic rings. The summed E-state index contributed by atoms with van der Waals surface area (Å²) >= 11 is 6.70. The second kappa shape index (κ2) is 16.1. The number of carbonyl (C=O) groups is 4. The first kappa shape index (κ1) is 38.2. The number of aliphatic hydroxyl groups is 1. The van der Waals surface area contributed by atoms with Crippen molar-refractivity contribution in [2.45, 2.75) is 95.7 Å². The van der Waals surface area contributed by atoms with Crippen molar-refractivity contribution >= 4 is 41.0 Å². The molecule has 1 spiro atoms. The summed E-state index contributed by atoms with van der Waals surface area (Å²) in [4.78, 5) is 60.0. The molecule has 2 N–H and O–H groups in total. The van der Waals surface area contributed by atoms with E-state index in [1.807, 2.05) is 57.2 Å². The highest BCUT2D eigenvalue weighted by atomic mass is 35.5. The van der Waals surface area contributed by atoms with Crippen LogP contribution in [0.1, 0.15) is 70.1 Å². The number of para-hydroxylation sites is 1. The Balaban J connectivity index is 1.54. The van der Waals surface area contributed by atoms with Gasteiger partial charge in [0.2, 0.25) is 11.8 Å². The van der Waals surface area contributed by atoms with Crippen LogP contribution in [0, 0.1) is 24.7 Å². The predicted molar refractivity (Wildman–Crippen MR) is 196 cm³/mol. The van der Waals surface area contributed by atoms with Gasteiger partial charge in [-0.2, -0.15) is 0 Å². The van der Waals surface area contributed by atoms with Gasteiger partial charge in [0.1, 0.15) is 17.7 Å². The maximum absolute atomic E-state index is 15.0. The van der Waals surface area contributed by atoms with Crippen molar-refractivity contribution < 1.29 is 33.8 Å². The second-order valence-electron chi connectivity index (χ2n) is 14.4. The van der Waals surface area contributed by atoms with Gasteiger partial charge in [0.15, 0.2) is 0 Å². The average molecular weight is 720 g/mol. The SMILES string of the molecule is C=CCCC(=O)N[C@H](C)[C@@H](OC(=O)[C@@H]1[C@H]2C(=O)N([C@@H](CO)CC(C)C)[C@H](C(=O)N(CC=C)c3c(C)cccc3Cl)[C@]23CC[C@H]1O3)c1ccccc1. The predicted octanol–water partition coefficient (Wildman–Crippen LogP) is 5.70. The fourth-order valence-corrected chi connectivity index (χ4v) is 8.65. The molecule has 2 aromatic carbocycles. The molecule has 3 saturated heterocycles. The molecule has 11 heteroatoms. The number of benzene rings is 2. The van der Waals surface area contributed by atoms with Crippen LogP contribution in [0.25, 0.3) is 0 Å². The van der Waals surface area contributed by atoms with E-state index in [1.165, 1.54) is 9.80 Å². The number of halogens is 1. The zero-order valence-electron chi connectivity index (χ0n) is 29.9. The van der Waals surface area contributed by atoms with Gasteiger partial charge in [-0.3, -0.25) is 19.2 Å². The topological polar surface area (TPSA) is 125 Å². The molecular formula is C40H50ClN3O7. The minimum Gasteiger partial charge on any atom is -0.455 e. The van der Waals surface area contributed by atoms with E-state index in [2.05, 4.69) is 18.5 Å². The van der Waals surface area contributed by atoms with Crippen molar-refractivity contribution in [3.63, 3.8) is 0 Å². The molecule has 3 aliphatic heterocycles. The minimum absolute atomic E-state index is 0.0894. The van der Waals surface area contributed by atoms with Crippen LogP contribution in [-0.4, -0.2) is 76.7 Å². The molecular weight excluding hydrogens is 670 g/mol. The highest BCUT2D eigenvalue weighted by molar-refractivity contribution is 6.34. The van der Waals surface area contributed by atoms with Crippen LogP contribution in [0.3, 0.4) is 0 Å². The van der Waals surface area contributed by atoms with E-state index < -0.39 is 65.6 Å². The number of anilines is 1. The van der Waals surface area contributed by atoms with Gasteiger partial charge in [-0.05, 0) is 62.6 Å². The van der Waals surface area contributed by atoms with Crippen molar-refractivity contribution in [1.29, 1.82) is 0 Å². The van der Waals surface area contributed by atoms with Crippen LogP contribution in [-0.2, 0) is 28.7 Å².